The van der Waals surface area contributed by atoms with Gasteiger partial charge in [0.05, 0.1) is 23.2 Å². The molecule has 1 N–H and O–H groups in total. The lowest BCUT2D eigenvalue weighted by atomic mass is 10.1. The summed E-state index contributed by atoms with van der Waals surface area (Å²) in [6.45, 7) is 3.98. The summed E-state index contributed by atoms with van der Waals surface area (Å²) in [5.74, 6) is -0.573. The van der Waals surface area contributed by atoms with Crippen molar-refractivity contribution in [3.63, 3.8) is 0 Å². The number of ether oxygens (including phenoxy) is 1. The summed E-state index contributed by atoms with van der Waals surface area (Å²) >= 11 is 0. The number of para-hydroxylation sites is 1. The largest absolute Gasteiger partial charge is 0.506 e. The number of rotatable bonds is 5. The van der Waals surface area contributed by atoms with Gasteiger partial charge in [-0.1, -0.05) is 19.1 Å². The zero-order valence-corrected chi connectivity index (χ0v) is 15.1. The number of hydrogen-bond acceptors (Lipinski definition) is 6. The van der Waals surface area contributed by atoms with Crippen molar-refractivity contribution in [2.24, 2.45) is 4.99 Å². The molecule has 0 saturated carbocycles. The normalized spacial score (nSPS) is 11.2. The van der Waals surface area contributed by atoms with Crippen molar-refractivity contribution in [1.29, 1.82) is 0 Å². The van der Waals surface area contributed by atoms with E-state index in [0.29, 0.717) is 35.2 Å². The fourth-order valence-electron chi connectivity index (χ4n) is 2.71. The van der Waals surface area contributed by atoms with E-state index >= 15 is 0 Å². The molecule has 3 aromatic rings. The maximum Gasteiger partial charge on any atom is 0.348 e. The minimum Gasteiger partial charge on any atom is -0.506 e. The molecular weight excluding hydrogens is 346 g/mol. The molecule has 0 amide bonds. The van der Waals surface area contributed by atoms with Gasteiger partial charge in [0.2, 0.25) is 0 Å². The molecule has 1 heterocycles. The first-order valence-electron chi connectivity index (χ1n) is 8.64. The van der Waals surface area contributed by atoms with Gasteiger partial charge in [-0.2, -0.15) is 0 Å². The van der Waals surface area contributed by atoms with Gasteiger partial charge >= 0.3 is 11.6 Å². The third-order valence-corrected chi connectivity index (χ3v) is 4.12. The second-order valence-electron chi connectivity index (χ2n) is 5.82. The van der Waals surface area contributed by atoms with E-state index < -0.39 is 11.6 Å². The van der Waals surface area contributed by atoms with Crippen molar-refractivity contribution in [3.8, 4) is 5.75 Å². The van der Waals surface area contributed by atoms with Crippen LogP contribution in [0, 0.1) is 0 Å². The molecule has 6 heteroatoms. The van der Waals surface area contributed by atoms with E-state index in [-0.39, 0.29) is 11.3 Å². The number of carbonyl (C=O) groups excluding carboxylic acids is 1. The van der Waals surface area contributed by atoms with Crippen molar-refractivity contribution >= 4 is 28.8 Å². The summed E-state index contributed by atoms with van der Waals surface area (Å²) in [4.78, 5) is 28.1. The Labute approximate surface area is 155 Å². The highest BCUT2D eigenvalue weighted by Crippen LogP contribution is 2.28. The van der Waals surface area contributed by atoms with E-state index in [0.717, 1.165) is 5.56 Å². The standard InChI is InChI=1S/C21H19NO5/c1-3-13-6-5-7-16-18(23)17(21(25)27-19(13)16)12-22-15-10-8-14(9-11-15)20(24)26-4-2/h5-12,23H,3-4H2,1-2H3. The molecule has 0 fully saturated rings. The van der Waals surface area contributed by atoms with Crippen LogP contribution in [0.4, 0.5) is 5.69 Å². The summed E-state index contributed by atoms with van der Waals surface area (Å²) in [7, 11) is 0. The monoisotopic (exact) mass is 365 g/mol. The number of nitrogens with zero attached hydrogens (tertiary/aromatic N) is 1. The lowest BCUT2D eigenvalue weighted by Crippen LogP contribution is -2.07. The molecule has 0 aliphatic rings. The molecule has 138 valence electrons. The zero-order chi connectivity index (χ0) is 19.4. The third-order valence-electron chi connectivity index (χ3n) is 4.12. The molecule has 0 aliphatic carbocycles. The van der Waals surface area contributed by atoms with Crippen LogP contribution in [0.5, 0.6) is 5.75 Å². The van der Waals surface area contributed by atoms with Crippen molar-refractivity contribution < 1.29 is 19.1 Å². The van der Waals surface area contributed by atoms with E-state index in [2.05, 4.69) is 4.99 Å². The van der Waals surface area contributed by atoms with Crippen molar-refractivity contribution in [2.45, 2.75) is 20.3 Å². The molecule has 0 atom stereocenters. The summed E-state index contributed by atoms with van der Waals surface area (Å²) in [6, 6.07) is 11.8. The van der Waals surface area contributed by atoms with Crippen LogP contribution in [0.1, 0.15) is 35.3 Å². The van der Waals surface area contributed by atoms with Gasteiger partial charge < -0.3 is 14.3 Å². The summed E-state index contributed by atoms with van der Waals surface area (Å²) in [5, 5.41) is 11.0. The van der Waals surface area contributed by atoms with Gasteiger partial charge in [-0.3, -0.25) is 4.99 Å². The fourth-order valence-corrected chi connectivity index (χ4v) is 2.71. The Morgan fingerprint density at radius 2 is 1.93 bits per heavy atom. The zero-order valence-electron chi connectivity index (χ0n) is 15.1. The highest BCUT2D eigenvalue weighted by atomic mass is 16.5. The second-order valence-corrected chi connectivity index (χ2v) is 5.82. The number of aromatic hydroxyl groups is 1. The molecule has 0 radical (unpaired) electrons. The van der Waals surface area contributed by atoms with Gasteiger partial charge in [-0.25, -0.2) is 9.59 Å². The molecule has 0 saturated heterocycles. The van der Waals surface area contributed by atoms with Crippen molar-refractivity contribution in [1.82, 2.24) is 0 Å². The molecule has 6 nitrogen and oxygen atoms in total. The SMILES string of the molecule is CCOC(=O)c1ccc(N=Cc2c(O)c3cccc(CC)c3oc2=O)cc1. The number of carbonyl (C=O) groups is 1. The lowest BCUT2D eigenvalue weighted by Gasteiger charge is -2.06. The van der Waals surface area contributed by atoms with Crippen LogP contribution >= 0.6 is 0 Å². The molecule has 0 unspecified atom stereocenters. The number of aliphatic imine (C=N–C) groups is 1. The quantitative estimate of drug-likeness (QED) is 0.419. The Balaban J connectivity index is 1.95. The van der Waals surface area contributed by atoms with E-state index in [9.17, 15) is 14.7 Å². The van der Waals surface area contributed by atoms with Gasteiger partial charge in [0, 0.05) is 6.21 Å². The number of benzene rings is 2. The van der Waals surface area contributed by atoms with Crippen LogP contribution < -0.4 is 5.63 Å². The molecule has 0 bridgehead atoms. The van der Waals surface area contributed by atoms with Crippen LogP contribution in [-0.4, -0.2) is 23.9 Å². The summed E-state index contributed by atoms with van der Waals surface area (Å²) < 4.78 is 10.3. The van der Waals surface area contributed by atoms with Gasteiger partial charge in [0.1, 0.15) is 16.9 Å². The molecule has 2 aromatic carbocycles. The van der Waals surface area contributed by atoms with Gasteiger partial charge in [-0.15, -0.1) is 0 Å². The number of aryl methyl sites for hydroxylation is 1. The van der Waals surface area contributed by atoms with Gasteiger partial charge in [-0.05, 0) is 49.2 Å². The van der Waals surface area contributed by atoms with Gasteiger partial charge in [0.25, 0.3) is 0 Å². The highest BCUT2D eigenvalue weighted by Gasteiger charge is 2.14. The van der Waals surface area contributed by atoms with E-state index in [4.69, 9.17) is 9.15 Å². The number of esters is 1. The smallest absolute Gasteiger partial charge is 0.348 e. The first-order valence-corrected chi connectivity index (χ1v) is 8.64. The summed E-state index contributed by atoms with van der Waals surface area (Å²) in [5.41, 5.74) is 1.48. The Bertz CT molecular complexity index is 1060. The van der Waals surface area contributed by atoms with E-state index in [1.54, 1.807) is 43.3 Å². The van der Waals surface area contributed by atoms with Crippen LogP contribution in [-0.2, 0) is 11.2 Å². The molecule has 27 heavy (non-hydrogen) atoms. The van der Waals surface area contributed by atoms with Gasteiger partial charge in [0.15, 0.2) is 0 Å². The van der Waals surface area contributed by atoms with Crippen LogP contribution in [0.25, 0.3) is 11.0 Å². The average molecular weight is 365 g/mol. The van der Waals surface area contributed by atoms with Crippen LogP contribution in [0.3, 0.4) is 0 Å². The Morgan fingerprint density at radius 1 is 1.19 bits per heavy atom. The maximum atomic E-state index is 12.3. The Kier molecular flexibility index (Phi) is 5.35. The predicted octanol–water partition coefficient (Wildman–Crippen LogP) is 3.99. The van der Waals surface area contributed by atoms with Crippen molar-refractivity contribution in [2.75, 3.05) is 6.61 Å². The Morgan fingerprint density at radius 3 is 2.59 bits per heavy atom. The molecule has 0 spiro atoms. The van der Waals surface area contributed by atoms with Crippen LogP contribution in [0.15, 0.2) is 56.7 Å². The third kappa shape index (κ3) is 3.74. The van der Waals surface area contributed by atoms with E-state index in [1.807, 2.05) is 13.0 Å². The fraction of sp³-hybridized carbons (Fsp3) is 0.190. The van der Waals surface area contributed by atoms with Crippen LogP contribution in [0.2, 0.25) is 0 Å². The summed E-state index contributed by atoms with van der Waals surface area (Å²) in [6.07, 6.45) is 1.94. The second kappa shape index (κ2) is 7.86. The first kappa shape index (κ1) is 18.4. The molecule has 1 aromatic heterocycles. The molecular formula is C21H19NO5. The number of fused-ring (bicyclic) bond motifs is 1. The molecule has 3 rings (SSSR count). The van der Waals surface area contributed by atoms with Crippen molar-refractivity contribution in [3.05, 3.63) is 69.6 Å². The maximum absolute atomic E-state index is 12.3. The van der Waals surface area contributed by atoms with E-state index in [1.165, 1.54) is 6.21 Å². The minimum absolute atomic E-state index is 0.0229. The molecule has 0 aliphatic heterocycles. The topological polar surface area (TPSA) is 89.1 Å². The Hall–Kier alpha value is -3.41. The highest BCUT2D eigenvalue weighted by molar-refractivity contribution is 5.95. The average Bonchev–Trinajstić information content (AvgIpc) is 2.68. The minimum atomic E-state index is -0.659. The first-order chi connectivity index (χ1) is 13.0. The lowest BCUT2D eigenvalue weighted by molar-refractivity contribution is 0.0526. The number of hydrogen-bond donors (Lipinski definition) is 1. The predicted molar refractivity (Wildman–Crippen MR) is 103 cm³/mol.